The number of benzene rings is 1. The number of carbonyl (C=O) groups is 1. The molecular formula is C13H18N4O2. The van der Waals surface area contributed by atoms with Gasteiger partial charge in [-0.2, -0.15) is 0 Å². The van der Waals surface area contributed by atoms with E-state index in [4.69, 9.17) is 10.5 Å². The van der Waals surface area contributed by atoms with Gasteiger partial charge in [-0.15, -0.1) is 0 Å². The Balaban J connectivity index is 2.52. The van der Waals surface area contributed by atoms with E-state index in [1.54, 1.807) is 18.6 Å². The monoisotopic (exact) mass is 262 g/mol. The van der Waals surface area contributed by atoms with Crippen LogP contribution >= 0.6 is 0 Å². The number of nitrogens with zero attached hydrogens (tertiary/aromatic N) is 2. The molecule has 0 spiro atoms. The van der Waals surface area contributed by atoms with Gasteiger partial charge in [0, 0.05) is 12.6 Å². The summed E-state index contributed by atoms with van der Waals surface area (Å²) in [4.78, 5) is 16.2. The molecule has 102 valence electrons. The summed E-state index contributed by atoms with van der Waals surface area (Å²) in [5.41, 5.74) is 7.44. The number of ether oxygens (including phenoxy) is 1. The van der Waals surface area contributed by atoms with Crippen LogP contribution in [0.15, 0.2) is 18.2 Å². The second-order valence-corrected chi connectivity index (χ2v) is 4.27. The van der Waals surface area contributed by atoms with Gasteiger partial charge in [-0.1, -0.05) is 0 Å². The molecule has 0 aliphatic heterocycles. The smallest absolute Gasteiger partial charge is 0.242 e. The molecule has 19 heavy (non-hydrogen) atoms. The van der Waals surface area contributed by atoms with Crippen LogP contribution in [0.25, 0.3) is 11.0 Å². The highest BCUT2D eigenvalue weighted by Crippen LogP contribution is 2.26. The Morgan fingerprint density at radius 1 is 1.58 bits per heavy atom. The summed E-state index contributed by atoms with van der Waals surface area (Å²) in [5, 5.41) is 2.78. The second kappa shape index (κ2) is 5.17. The number of fused-ring (bicyclic) bond motifs is 1. The first-order valence-corrected chi connectivity index (χ1v) is 6.17. The molecule has 0 bridgehead atoms. The first kappa shape index (κ1) is 13.2. The van der Waals surface area contributed by atoms with Crippen LogP contribution in [-0.4, -0.2) is 29.1 Å². The largest absolute Gasteiger partial charge is 0.497 e. The minimum Gasteiger partial charge on any atom is -0.497 e. The van der Waals surface area contributed by atoms with Crippen LogP contribution in [0, 0.1) is 0 Å². The van der Waals surface area contributed by atoms with E-state index in [9.17, 15) is 4.79 Å². The average Bonchev–Trinajstić information content (AvgIpc) is 2.72. The number of rotatable bonds is 4. The topological polar surface area (TPSA) is 82.2 Å². The predicted octanol–water partition coefficient (Wildman–Crippen LogP) is 1.32. The minimum atomic E-state index is -0.419. The zero-order valence-corrected chi connectivity index (χ0v) is 11.3. The molecule has 1 unspecified atom stereocenters. The molecule has 1 aromatic carbocycles. The lowest BCUT2D eigenvalue weighted by atomic mass is 10.2. The van der Waals surface area contributed by atoms with Crippen LogP contribution in [0.4, 0.5) is 5.95 Å². The van der Waals surface area contributed by atoms with Gasteiger partial charge in [0.25, 0.3) is 0 Å². The molecule has 0 aliphatic rings. The van der Waals surface area contributed by atoms with Gasteiger partial charge in [-0.3, -0.25) is 9.36 Å². The summed E-state index contributed by atoms with van der Waals surface area (Å²) in [6.07, 6.45) is 0. The molecule has 2 rings (SSSR count). The number of hydrogen-bond donors (Lipinski definition) is 2. The third-order valence-corrected chi connectivity index (χ3v) is 3.04. The summed E-state index contributed by atoms with van der Waals surface area (Å²) in [6.45, 7) is 4.25. The van der Waals surface area contributed by atoms with Crippen molar-refractivity contribution in [1.29, 1.82) is 0 Å². The molecule has 1 aromatic heterocycles. The van der Waals surface area contributed by atoms with E-state index >= 15 is 0 Å². The van der Waals surface area contributed by atoms with Crippen molar-refractivity contribution in [2.75, 3.05) is 19.4 Å². The quantitative estimate of drug-likeness (QED) is 0.870. The Morgan fingerprint density at radius 3 is 2.95 bits per heavy atom. The molecule has 1 heterocycles. The fourth-order valence-electron chi connectivity index (χ4n) is 2.06. The summed E-state index contributed by atoms with van der Waals surface area (Å²) in [6, 6.07) is 5.05. The number of hydrogen-bond acceptors (Lipinski definition) is 4. The number of anilines is 1. The molecule has 3 N–H and O–H groups in total. The van der Waals surface area contributed by atoms with E-state index < -0.39 is 6.04 Å². The maximum absolute atomic E-state index is 11.9. The Hall–Kier alpha value is -2.24. The molecule has 0 saturated carbocycles. The molecule has 1 amide bonds. The second-order valence-electron chi connectivity index (χ2n) is 4.27. The minimum absolute atomic E-state index is 0.0867. The highest BCUT2D eigenvalue weighted by molar-refractivity contribution is 5.86. The Kier molecular flexibility index (Phi) is 3.59. The molecule has 1 atom stereocenters. The molecule has 6 heteroatoms. The number of likely N-dealkylation sites (N-methyl/N-ethyl adjacent to an activating group) is 1. The number of imidazole rings is 1. The van der Waals surface area contributed by atoms with Crippen LogP contribution in [0.3, 0.4) is 0 Å². The maximum atomic E-state index is 11.9. The van der Waals surface area contributed by atoms with Crippen molar-refractivity contribution < 1.29 is 9.53 Å². The van der Waals surface area contributed by atoms with Gasteiger partial charge in [-0.25, -0.2) is 4.98 Å². The molecule has 0 saturated heterocycles. The lowest BCUT2D eigenvalue weighted by Gasteiger charge is -2.15. The van der Waals surface area contributed by atoms with E-state index in [0.717, 1.165) is 11.0 Å². The van der Waals surface area contributed by atoms with E-state index in [0.29, 0.717) is 18.2 Å². The number of carbonyl (C=O) groups excluding carboxylic acids is 1. The van der Waals surface area contributed by atoms with Gasteiger partial charge in [0.05, 0.1) is 18.1 Å². The Morgan fingerprint density at radius 2 is 2.32 bits per heavy atom. The summed E-state index contributed by atoms with van der Waals surface area (Å²) in [5.74, 6) is 0.940. The van der Waals surface area contributed by atoms with Crippen molar-refractivity contribution in [2.24, 2.45) is 0 Å². The molecular weight excluding hydrogens is 244 g/mol. The Labute approximate surface area is 111 Å². The van der Waals surface area contributed by atoms with Crippen molar-refractivity contribution in [3.05, 3.63) is 18.2 Å². The van der Waals surface area contributed by atoms with Crippen molar-refractivity contribution >= 4 is 22.9 Å². The number of nitrogen functional groups attached to an aromatic ring is 1. The number of nitrogens with one attached hydrogen (secondary N) is 1. The van der Waals surface area contributed by atoms with Gasteiger partial charge >= 0.3 is 0 Å². The van der Waals surface area contributed by atoms with E-state index in [-0.39, 0.29) is 5.91 Å². The summed E-state index contributed by atoms with van der Waals surface area (Å²) >= 11 is 0. The van der Waals surface area contributed by atoms with Crippen molar-refractivity contribution in [3.8, 4) is 5.75 Å². The number of nitrogens with two attached hydrogens (primary N) is 1. The highest BCUT2D eigenvalue weighted by atomic mass is 16.5. The van der Waals surface area contributed by atoms with Gasteiger partial charge in [-0.05, 0) is 26.0 Å². The predicted molar refractivity (Wildman–Crippen MR) is 74.1 cm³/mol. The SMILES string of the molecule is CCNC(=O)C(C)n1c(N)nc2ccc(OC)cc21. The molecule has 0 aliphatic carbocycles. The van der Waals surface area contributed by atoms with Crippen LogP contribution in [-0.2, 0) is 4.79 Å². The zero-order valence-electron chi connectivity index (χ0n) is 11.3. The van der Waals surface area contributed by atoms with Crippen LogP contribution < -0.4 is 15.8 Å². The molecule has 2 aromatic rings. The van der Waals surface area contributed by atoms with E-state index in [1.165, 1.54) is 0 Å². The van der Waals surface area contributed by atoms with Gasteiger partial charge in [0.1, 0.15) is 11.8 Å². The third-order valence-electron chi connectivity index (χ3n) is 3.04. The van der Waals surface area contributed by atoms with E-state index in [2.05, 4.69) is 10.3 Å². The first-order chi connectivity index (χ1) is 9.08. The fourth-order valence-corrected chi connectivity index (χ4v) is 2.06. The molecule has 0 fully saturated rings. The normalized spacial score (nSPS) is 12.4. The lowest BCUT2D eigenvalue weighted by Crippen LogP contribution is -2.31. The number of aromatic nitrogens is 2. The van der Waals surface area contributed by atoms with Crippen LogP contribution in [0.2, 0.25) is 0 Å². The Bertz CT molecular complexity index is 606. The average molecular weight is 262 g/mol. The fraction of sp³-hybridized carbons (Fsp3) is 0.385. The van der Waals surface area contributed by atoms with Crippen LogP contribution in [0.5, 0.6) is 5.75 Å². The summed E-state index contributed by atoms with van der Waals surface area (Å²) in [7, 11) is 1.60. The maximum Gasteiger partial charge on any atom is 0.242 e. The standard InChI is InChI=1S/C13H18N4O2/c1-4-15-12(18)8(2)17-11-7-9(19-3)5-6-10(11)16-13(17)14/h5-8H,4H2,1-3H3,(H2,14,16)(H,15,18). The summed E-state index contributed by atoms with van der Waals surface area (Å²) < 4.78 is 6.90. The number of amides is 1. The van der Waals surface area contributed by atoms with Gasteiger partial charge in [0.15, 0.2) is 0 Å². The third kappa shape index (κ3) is 2.33. The van der Waals surface area contributed by atoms with Crippen molar-refractivity contribution in [2.45, 2.75) is 19.9 Å². The zero-order chi connectivity index (χ0) is 14.0. The lowest BCUT2D eigenvalue weighted by molar-refractivity contribution is -0.123. The molecule has 6 nitrogen and oxygen atoms in total. The first-order valence-electron chi connectivity index (χ1n) is 6.17. The van der Waals surface area contributed by atoms with Crippen molar-refractivity contribution in [3.63, 3.8) is 0 Å². The van der Waals surface area contributed by atoms with Gasteiger partial charge in [0.2, 0.25) is 11.9 Å². The van der Waals surface area contributed by atoms with Crippen LogP contribution in [0.1, 0.15) is 19.9 Å². The highest BCUT2D eigenvalue weighted by Gasteiger charge is 2.20. The van der Waals surface area contributed by atoms with E-state index in [1.807, 2.05) is 25.1 Å². The van der Waals surface area contributed by atoms with Crippen molar-refractivity contribution in [1.82, 2.24) is 14.9 Å². The van der Waals surface area contributed by atoms with Gasteiger partial charge < -0.3 is 15.8 Å². The molecule has 0 radical (unpaired) electrons. The number of methoxy groups -OCH3 is 1.